The van der Waals surface area contributed by atoms with Gasteiger partial charge in [-0.2, -0.15) is 0 Å². The van der Waals surface area contributed by atoms with Crippen LogP contribution in [-0.2, 0) is 4.74 Å². The number of ether oxygens (including phenoxy) is 1. The predicted octanol–water partition coefficient (Wildman–Crippen LogP) is 2.90. The second kappa shape index (κ2) is 7.67. The van der Waals surface area contributed by atoms with Crippen molar-refractivity contribution in [2.24, 2.45) is 10.4 Å². The third-order valence-corrected chi connectivity index (χ3v) is 7.90. The maximum absolute atomic E-state index is 6.07. The highest BCUT2D eigenvalue weighted by atomic mass is 16.5. The number of hydrogen-bond donors (Lipinski definition) is 2. The summed E-state index contributed by atoms with van der Waals surface area (Å²) in [6, 6.07) is 2.60. The maximum Gasteiger partial charge on any atom is 0.191 e. The van der Waals surface area contributed by atoms with Crippen molar-refractivity contribution in [1.29, 1.82) is 0 Å². The molecule has 2 heterocycles. The summed E-state index contributed by atoms with van der Waals surface area (Å²) in [7, 11) is 4.25. The van der Waals surface area contributed by atoms with Crippen molar-refractivity contribution in [2.75, 3.05) is 20.7 Å². The molecule has 2 N–H and O–H groups in total. The number of aliphatic imine (C=N–C) groups is 1. The number of hydrogen-bond acceptors (Lipinski definition) is 3. The Morgan fingerprint density at radius 2 is 1.77 bits per heavy atom. The Bertz CT molecular complexity index is 502. The van der Waals surface area contributed by atoms with Crippen molar-refractivity contribution in [3.63, 3.8) is 0 Å². The van der Waals surface area contributed by atoms with E-state index in [4.69, 9.17) is 4.74 Å². The van der Waals surface area contributed by atoms with Crippen molar-refractivity contribution in [3.8, 4) is 0 Å². The first kappa shape index (κ1) is 18.5. The van der Waals surface area contributed by atoms with E-state index in [9.17, 15) is 0 Å². The van der Waals surface area contributed by atoms with Crippen LogP contribution < -0.4 is 10.6 Å². The highest BCUT2D eigenvalue weighted by Gasteiger charge is 2.57. The van der Waals surface area contributed by atoms with Crippen molar-refractivity contribution in [1.82, 2.24) is 15.5 Å². The molecule has 4 fully saturated rings. The fourth-order valence-electron chi connectivity index (χ4n) is 6.35. The van der Waals surface area contributed by atoms with Gasteiger partial charge in [-0.25, -0.2) is 0 Å². The second-order valence-corrected chi connectivity index (χ2v) is 9.11. The lowest BCUT2D eigenvalue weighted by atomic mass is 9.60. The Balaban J connectivity index is 1.35. The SMILES string of the molecule is CCOC1CC(NC(=NC)NC2CC3CCCC(C2)N3C)C12CCCC2. The summed E-state index contributed by atoms with van der Waals surface area (Å²) in [5, 5.41) is 7.57. The van der Waals surface area contributed by atoms with Crippen LogP contribution in [0.3, 0.4) is 0 Å². The van der Waals surface area contributed by atoms with Gasteiger partial charge in [0.1, 0.15) is 0 Å². The molecule has 148 valence electrons. The molecule has 1 spiro atoms. The minimum absolute atomic E-state index is 0.358. The van der Waals surface area contributed by atoms with Gasteiger partial charge in [-0.3, -0.25) is 4.99 Å². The third kappa shape index (κ3) is 3.26. The van der Waals surface area contributed by atoms with Crippen LogP contribution in [0.4, 0.5) is 0 Å². The Morgan fingerprint density at radius 1 is 1.08 bits per heavy atom. The number of nitrogens with zero attached hydrogens (tertiary/aromatic N) is 2. The molecule has 4 atom stereocenters. The van der Waals surface area contributed by atoms with Gasteiger partial charge in [0.05, 0.1) is 6.10 Å². The number of guanidine groups is 1. The zero-order chi connectivity index (χ0) is 18.1. The van der Waals surface area contributed by atoms with Crippen molar-refractivity contribution in [2.45, 2.75) is 101 Å². The van der Waals surface area contributed by atoms with Crippen LogP contribution in [0.5, 0.6) is 0 Å². The zero-order valence-corrected chi connectivity index (χ0v) is 17.0. The van der Waals surface area contributed by atoms with E-state index in [-0.39, 0.29) is 0 Å². The van der Waals surface area contributed by atoms with E-state index in [1.54, 1.807) is 0 Å². The van der Waals surface area contributed by atoms with E-state index < -0.39 is 0 Å². The average Bonchev–Trinajstić information content (AvgIpc) is 3.13. The Hall–Kier alpha value is -0.810. The molecule has 4 aliphatic rings. The number of piperidine rings is 2. The maximum atomic E-state index is 6.07. The molecule has 5 heteroatoms. The van der Waals surface area contributed by atoms with Gasteiger partial charge in [0.2, 0.25) is 0 Å². The largest absolute Gasteiger partial charge is 0.378 e. The normalized spacial score (nSPS) is 39.7. The number of rotatable bonds is 4. The summed E-state index contributed by atoms with van der Waals surface area (Å²) in [6.07, 6.45) is 13.5. The van der Waals surface area contributed by atoms with Gasteiger partial charge >= 0.3 is 0 Å². The van der Waals surface area contributed by atoms with Crippen LogP contribution in [0.1, 0.15) is 71.1 Å². The highest BCUT2D eigenvalue weighted by Crippen LogP contribution is 2.54. The summed E-state index contributed by atoms with van der Waals surface area (Å²) in [4.78, 5) is 7.21. The minimum atomic E-state index is 0.358. The summed E-state index contributed by atoms with van der Waals surface area (Å²) in [5.41, 5.74) is 0.358. The van der Waals surface area contributed by atoms with Gasteiger partial charge < -0.3 is 20.3 Å². The standard InChI is InChI=1S/C21H38N4O/c1-4-26-19-14-18(21(19)10-5-6-11-21)24-20(22-2)23-15-12-16-8-7-9-17(13-15)25(16)3/h15-19H,4-14H2,1-3H3,(H2,22,23,24). The molecule has 0 aromatic carbocycles. The molecule has 2 aliphatic heterocycles. The topological polar surface area (TPSA) is 48.9 Å². The Labute approximate surface area is 159 Å². The molecule has 2 saturated heterocycles. The lowest BCUT2D eigenvalue weighted by molar-refractivity contribution is -0.125. The van der Waals surface area contributed by atoms with Gasteiger partial charge in [-0.15, -0.1) is 0 Å². The lowest BCUT2D eigenvalue weighted by Crippen LogP contribution is -2.66. The van der Waals surface area contributed by atoms with E-state index >= 15 is 0 Å². The summed E-state index contributed by atoms with van der Waals surface area (Å²) >= 11 is 0. The van der Waals surface area contributed by atoms with E-state index in [0.717, 1.165) is 31.1 Å². The van der Waals surface area contributed by atoms with Gasteiger partial charge in [0.25, 0.3) is 0 Å². The molecular formula is C21H38N4O. The van der Waals surface area contributed by atoms with Crippen LogP contribution in [0.25, 0.3) is 0 Å². The summed E-state index contributed by atoms with van der Waals surface area (Å²) in [5.74, 6) is 1.02. The zero-order valence-electron chi connectivity index (χ0n) is 17.0. The third-order valence-electron chi connectivity index (χ3n) is 7.90. The molecule has 2 saturated carbocycles. The first-order chi connectivity index (χ1) is 12.7. The van der Waals surface area contributed by atoms with Crippen LogP contribution in [0, 0.1) is 5.41 Å². The average molecular weight is 363 g/mol. The van der Waals surface area contributed by atoms with Crippen LogP contribution in [0.15, 0.2) is 4.99 Å². The minimum Gasteiger partial charge on any atom is -0.378 e. The lowest BCUT2D eigenvalue weighted by Gasteiger charge is -2.54. The van der Waals surface area contributed by atoms with Crippen molar-refractivity contribution < 1.29 is 4.74 Å². The molecule has 0 radical (unpaired) electrons. The first-order valence-electron chi connectivity index (χ1n) is 11.0. The van der Waals surface area contributed by atoms with Gasteiger partial charge in [0.15, 0.2) is 5.96 Å². The molecule has 0 aromatic heterocycles. The predicted molar refractivity (Wildman–Crippen MR) is 107 cm³/mol. The van der Waals surface area contributed by atoms with Gasteiger partial charge in [-0.1, -0.05) is 19.3 Å². The fourth-order valence-corrected chi connectivity index (χ4v) is 6.35. The monoisotopic (exact) mass is 362 g/mol. The summed E-state index contributed by atoms with van der Waals surface area (Å²) in [6.45, 7) is 2.96. The van der Waals surface area contributed by atoms with Gasteiger partial charge in [-0.05, 0) is 58.9 Å². The molecule has 26 heavy (non-hydrogen) atoms. The molecule has 4 unspecified atom stereocenters. The quantitative estimate of drug-likeness (QED) is 0.596. The number of fused-ring (bicyclic) bond motifs is 2. The van der Waals surface area contributed by atoms with Crippen LogP contribution in [0.2, 0.25) is 0 Å². The Kier molecular flexibility index (Phi) is 5.47. The Morgan fingerprint density at radius 3 is 2.38 bits per heavy atom. The fraction of sp³-hybridized carbons (Fsp3) is 0.952. The van der Waals surface area contributed by atoms with Crippen molar-refractivity contribution >= 4 is 5.96 Å². The van der Waals surface area contributed by atoms with Gasteiger partial charge in [0, 0.05) is 43.2 Å². The van der Waals surface area contributed by atoms with Crippen LogP contribution in [-0.4, -0.2) is 61.8 Å². The molecule has 5 nitrogen and oxygen atoms in total. The molecule has 2 bridgehead atoms. The van der Waals surface area contributed by atoms with Crippen LogP contribution >= 0.6 is 0 Å². The molecule has 0 aromatic rings. The van der Waals surface area contributed by atoms with E-state index in [1.165, 1.54) is 57.8 Å². The van der Waals surface area contributed by atoms with Crippen molar-refractivity contribution in [3.05, 3.63) is 0 Å². The summed E-state index contributed by atoms with van der Waals surface area (Å²) < 4.78 is 6.07. The highest BCUT2D eigenvalue weighted by molar-refractivity contribution is 5.80. The molecule has 2 aliphatic carbocycles. The molecule has 4 rings (SSSR count). The van der Waals surface area contributed by atoms with E-state index in [0.29, 0.717) is 23.6 Å². The molecular weight excluding hydrogens is 324 g/mol. The number of nitrogens with one attached hydrogen (secondary N) is 2. The first-order valence-corrected chi connectivity index (χ1v) is 11.0. The smallest absolute Gasteiger partial charge is 0.191 e. The second-order valence-electron chi connectivity index (χ2n) is 9.11. The van der Waals surface area contributed by atoms with E-state index in [2.05, 4.69) is 34.5 Å². The molecule has 0 amide bonds. The van der Waals surface area contributed by atoms with E-state index in [1.807, 2.05) is 7.05 Å².